The molecule has 0 heterocycles. The lowest BCUT2D eigenvalue weighted by Crippen LogP contribution is -2.34. The van der Waals surface area contributed by atoms with Gasteiger partial charge in [-0.1, -0.05) is 0 Å². The van der Waals surface area contributed by atoms with Gasteiger partial charge >= 0.3 is 10.1 Å². The van der Waals surface area contributed by atoms with Crippen LogP contribution >= 0.6 is 18.7 Å². The van der Waals surface area contributed by atoms with Crippen LogP contribution in [-0.4, -0.2) is 28.8 Å². The molecule has 0 amide bonds. The SMILES string of the molecule is CC(C)(C)[P+](S)(CS(=O)(=O)O)C(C)(C)C. The van der Waals surface area contributed by atoms with E-state index in [1.807, 2.05) is 41.5 Å². The van der Waals surface area contributed by atoms with Gasteiger partial charge in [-0.3, -0.25) is 4.55 Å². The molecular formula is C9H22O3PS2+. The second kappa shape index (κ2) is 4.17. The third-order valence-corrected chi connectivity index (χ3v) is 14.4. The predicted molar refractivity (Wildman–Crippen MR) is 71.8 cm³/mol. The smallest absolute Gasteiger partial charge is 0.283 e. The van der Waals surface area contributed by atoms with Crippen molar-refractivity contribution in [3.05, 3.63) is 0 Å². The number of hydrogen-bond acceptors (Lipinski definition) is 3. The topological polar surface area (TPSA) is 54.4 Å². The van der Waals surface area contributed by atoms with Gasteiger partial charge < -0.3 is 0 Å². The lowest BCUT2D eigenvalue weighted by Gasteiger charge is -2.41. The van der Waals surface area contributed by atoms with E-state index in [0.29, 0.717) is 0 Å². The fourth-order valence-electron chi connectivity index (χ4n) is 1.63. The molecule has 0 unspecified atom stereocenters. The molecule has 0 fully saturated rings. The second-order valence-electron chi connectivity index (χ2n) is 5.82. The van der Waals surface area contributed by atoms with Crippen LogP contribution in [0.1, 0.15) is 41.5 Å². The van der Waals surface area contributed by atoms with Crippen LogP contribution in [0.25, 0.3) is 0 Å². The summed E-state index contributed by atoms with van der Waals surface area (Å²) in [7, 11) is -3.98. The average molecular weight is 273 g/mol. The summed E-state index contributed by atoms with van der Waals surface area (Å²) in [6.07, 6.45) is 0. The maximum Gasteiger partial charge on any atom is 0.300 e. The van der Waals surface area contributed by atoms with Gasteiger partial charge in [-0.15, -0.1) is 0 Å². The third-order valence-electron chi connectivity index (χ3n) is 2.57. The first-order valence-corrected chi connectivity index (χ1v) is 9.50. The Labute approximate surface area is 99.3 Å². The number of rotatable bonds is 2. The molecule has 3 nitrogen and oxygen atoms in total. The van der Waals surface area contributed by atoms with Crippen LogP contribution in [0.3, 0.4) is 0 Å². The Balaban J connectivity index is 5.45. The highest BCUT2D eigenvalue weighted by Gasteiger charge is 2.58. The van der Waals surface area contributed by atoms with E-state index in [1.165, 1.54) is 0 Å². The van der Waals surface area contributed by atoms with Crippen molar-refractivity contribution in [2.45, 2.75) is 51.9 Å². The number of thiol groups is 1. The molecule has 0 bridgehead atoms. The zero-order valence-electron chi connectivity index (χ0n) is 10.3. The molecule has 0 saturated carbocycles. The number of hydrogen-bond donors (Lipinski definition) is 2. The van der Waals surface area contributed by atoms with Crippen LogP contribution in [0.4, 0.5) is 0 Å². The zero-order chi connectivity index (χ0) is 12.7. The summed E-state index contributed by atoms with van der Waals surface area (Å²) in [5, 5.41) is -0.436. The monoisotopic (exact) mass is 273 g/mol. The average Bonchev–Trinajstić information content (AvgIpc) is 1.77. The van der Waals surface area contributed by atoms with Crippen molar-refractivity contribution in [1.82, 2.24) is 0 Å². The summed E-state index contributed by atoms with van der Waals surface area (Å²) in [5.41, 5.74) is -0.226. The van der Waals surface area contributed by atoms with Crippen LogP contribution in [-0.2, 0) is 10.1 Å². The van der Waals surface area contributed by atoms with Crippen molar-refractivity contribution in [2.75, 3.05) is 5.49 Å². The molecule has 1 N–H and O–H groups in total. The van der Waals surface area contributed by atoms with Crippen LogP contribution in [0.5, 0.6) is 0 Å². The summed E-state index contributed by atoms with van der Waals surface area (Å²) >= 11 is 4.65. The Kier molecular flexibility index (Phi) is 4.36. The van der Waals surface area contributed by atoms with Gasteiger partial charge in [0.25, 0.3) is 0 Å². The Hall–Kier alpha value is 0.690. The van der Waals surface area contributed by atoms with Gasteiger partial charge in [0.05, 0.1) is 16.8 Å². The van der Waals surface area contributed by atoms with Crippen LogP contribution in [0, 0.1) is 0 Å². The van der Waals surface area contributed by atoms with Crippen molar-refractivity contribution in [1.29, 1.82) is 0 Å². The molecule has 0 aliphatic rings. The Morgan fingerprint density at radius 1 is 1.07 bits per heavy atom. The molecule has 0 atom stereocenters. The van der Waals surface area contributed by atoms with E-state index >= 15 is 0 Å². The van der Waals surface area contributed by atoms with Crippen molar-refractivity contribution in [3.8, 4) is 0 Å². The van der Waals surface area contributed by atoms with E-state index in [-0.39, 0.29) is 15.8 Å². The molecule has 0 aromatic carbocycles. The molecule has 15 heavy (non-hydrogen) atoms. The summed E-state index contributed by atoms with van der Waals surface area (Å²) in [5.74, 6) is 0. The van der Waals surface area contributed by atoms with E-state index in [2.05, 4.69) is 12.2 Å². The Bertz CT molecular complexity index is 308. The maximum absolute atomic E-state index is 11.1. The summed E-state index contributed by atoms with van der Waals surface area (Å²) < 4.78 is 31.2. The quantitative estimate of drug-likeness (QED) is 0.461. The zero-order valence-corrected chi connectivity index (χ0v) is 12.9. The van der Waals surface area contributed by atoms with Gasteiger partial charge in [0.15, 0.2) is 5.49 Å². The molecule has 0 spiro atoms. The van der Waals surface area contributed by atoms with Gasteiger partial charge in [0, 0.05) is 12.2 Å². The van der Waals surface area contributed by atoms with Crippen molar-refractivity contribution >= 4 is 28.8 Å². The Morgan fingerprint density at radius 3 is 1.40 bits per heavy atom. The van der Waals surface area contributed by atoms with E-state index in [0.717, 1.165) is 0 Å². The molecule has 0 aliphatic heterocycles. The van der Waals surface area contributed by atoms with E-state index < -0.39 is 16.6 Å². The van der Waals surface area contributed by atoms with Crippen LogP contribution in [0.2, 0.25) is 0 Å². The lowest BCUT2D eigenvalue weighted by molar-refractivity contribution is 0.487. The summed E-state index contributed by atoms with van der Waals surface area (Å²) in [6, 6.07) is 0. The van der Waals surface area contributed by atoms with Crippen LogP contribution < -0.4 is 0 Å². The normalized spacial score (nSPS) is 15.5. The predicted octanol–water partition coefficient (Wildman–Crippen LogP) is 3.29. The molecule has 6 heteroatoms. The van der Waals surface area contributed by atoms with Gasteiger partial charge in [0.2, 0.25) is 0 Å². The van der Waals surface area contributed by atoms with Gasteiger partial charge in [-0.2, -0.15) is 8.42 Å². The standard InChI is InChI=1S/C9H21O3PS2/c1-8(2,3)13(14,9(4,5)6)7-15(10,11)12/h14H,7H2,1-6H3/p+1. The second-order valence-corrected chi connectivity index (χ2v) is 14.3. The highest BCUT2D eigenvalue weighted by molar-refractivity contribution is 8.55. The van der Waals surface area contributed by atoms with Crippen molar-refractivity contribution in [2.24, 2.45) is 0 Å². The van der Waals surface area contributed by atoms with E-state index in [4.69, 9.17) is 4.55 Å². The third kappa shape index (κ3) is 3.88. The van der Waals surface area contributed by atoms with Crippen molar-refractivity contribution in [3.63, 3.8) is 0 Å². The molecular weight excluding hydrogens is 251 g/mol. The molecule has 92 valence electrons. The lowest BCUT2D eigenvalue weighted by atomic mass is 10.2. The fourth-order valence-corrected chi connectivity index (χ4v) is 9.94. The molecule has 0 aromatic heterocycles. The minimum Gasteiger partial charge on any atom is -0.283 e. The first-order chi connectivity index (χ1) is 6.21. The highest BCUT2D eigenvalue weighted by atomic mass is 32.7. The first kappa shape index (κ1) is 15.7. The largest absolute Gasteiger partial charge is 0.300 e. The minimum atomic E-state index is -3.98. The first-order valence-electron chi connectivity index (χ1n) is 4.77. The van der Waals surface area contributed by atoms with Gasteiger partial charge in [-0.05, 0) is 41.5 Å². The highest BCUT2D eigenvalue weighted by Crippen LogP contribution is 2.80. The van der Waals surface area contributed by atoms with Gasteiger partial charge in [-0.25, -0.2) is 0 Å². The van der Waals surface area contributed by atoms with E-state index in [1.54, 1.807) is 0 Å². The Morgan fingerprint density at radius 2 is 1.33 bits per heavy atom. The van der Waals surface area contributed by atoms with Gasteiger partial charge in [0.1, 0.15) is 0 Å². The van der Waals surface area contributed by atoms with Crippen LogP contribution in [0.15, 0.2) is 0 Å². The molecule has 0 saturated heterocycles. The van der Waals surface area contributed by atoms with Crippen molar-refractivity contribution < 1.29 is 13.0 Å². The molecule has 0 aromatic rings. The van der Waals surface area contributed by atoms with E-state index in [9.17, 15) is 8.42 Å². The summed E-state index contributed by atoms with van der Waals surface area (Å²) in [4.78, 5) is 0. The molecule has 0 aliphatic carbocycles. The molecule has 0 radical (unpaired) electrons. The summed E-state index contributed by atoms with van der Waals surface area (Å²) in [6.45, 7) is 9.76. The maximum atomic E-state index is 11.1. The molecule has 0 rings (SSSR count). The fraction of sp³-hybridized carbons (Fsp3) is 1.00. The minimum absolute atomic E-state index is 0.218.